The third-order valence-corrected chi connectivity index (χ3v) is 2.88. The predicted molar refractivity (Wildman–Crippen MR) is 73.8 cm³/mol. The second kappa shape index (κ2) is 6.19. The maximum absolute atomic E-state index is 13.5. The zero-order valence-corrected chi connectivity index (χ0v) is 11.3. The van der Waals surface area contributed by atoms with Gasteiger partial charge >= 0.3 is 0 Å². The van der Waals surface area contributed by atoms with Gasteiger partial charge in [-0.05, 0) is 43.3 Å². The quantitative estimate of drug-likeness (QED) is 0.783. The minimum atomic E-state index is -0.764. The first-order valence-electron chi connectivity index (χ1n) is 6.21. The van der Waals surface area contributed by atoms with E-state index in [1.807, 2.05) is 0 Å². The fraction of sp³-hybridized carbons (Fsp3) is 0.188. The lowest BCUT2D eigenvalue weighted by molar-refractivity contribution is 0.0812. The van der Waals surface area contributed by atoms with Crippen LogP contribution in [0.3, 0.4) is 0 Å². The molecule has 3 nitrogen and oxygen atoms in total. The Morgan fingerprint density at radius 1 is 1.10 bits per heavy atom. The molecule has 0 spiro atoms. The summed E-state index contributed by atoms with van der Waals surface area (Å²) in [6.45, 7) is 1.60. The number of ether oxygens (including phenoxy) is 2. The average Bonchev–Trinajstić information content (AvgIpc) is 2.49. The number of carbonyl (C=O) groups is 1. The van der Waals surface area contributed by atoms with Gasteiger partial charge in [-0.3, -0.25) is 4.79 Å². The van der Waals surface area contributed by atoms with Crippen molar-refractivity contribution in [3.05, 3.63) is 59.9 Å². The zero-order valence-electron chi connectivity index (χ0n) is 11.3. The molecule has 0 saturated carbocycles. The van der Waals surface area contributed by atoms with E-state index in [1.54, 1.807) is 50.4 Å². The van der Waals surface area contributed by atoms with Crippen molar-refractivity contribution < 1.29 is 18.7 Å². The van der Waals surface area contributed by atoms with E-state index in [4.69, 9.17) is 9.47 Å². The van der Waals surface area contributed by atoms with Gasteiger partial charge in [-0.25, -0.2) is 4.39 Å². The van der Waals surface area contributed by atoms with E-state index in [-0.39, 0.29) is 11.5 Å². The maximum Gasteiger partial charge on any atom is 0.202 e. The van der Waals surface area contributed by atoms with Gasteiger partial charge in [0.1, 0.15) is 5.75 Å². The molecule has 104 valence electrons. The van der Waals surface area contributed by atoms with Gasteiger partial charge in [-0.2, -0.15) is 0 Å². The molecular formula is C16H15FO3. The first-order chi connectivity index (χ1) is 9.61. The van der Waals surface area contributed by atoms with Crippen LogP contribution in [0.15, 0.2) is 48.5 Å². The van der Waals surface area contributed by atoms with Crippen molar-refractivity contribution in [1.82, 2.24) is 0 Å². The molecule has 4 heteroatoms. The Labute approximate surface area is 117 Å². The number of Topliss-reactive ketones (excluding diaryl/α,β-unsaturated/α-hetero) is 1. The zero-order chi connectivity index (χ0) is 14.5. The molecule has 2 aromatic rings. The van der Waals surface area contributed by atoms with E-state index in [2.05, 4.69) is 0 Å². The maximum atomic E-state index is 13.5. The molecule has 0 aliphatic rings. The summed E-state index contributed by atoms with van der Waals surface area (Å²) in [6.07, 6.45) is -0.764. The topological polar surface area (TPSA) is 35.5 Å². The minimum Gasteiger partial charge on any atom is -0.497 e. The molecule has 0 radical (unpaired) electrons. The summed E-state index contributed by atoms with van der Waals surface area (Å²) in [7, 11) is 1.56. The summed E-state index contributed by atoms with van der Waals surface area (Å²) in [6, 6.07) is 12.7. The number of hydrogen-bond donors (Lipinski definition) is 0. The summed E-state index contributed by atoms with van der Waals surface area (Å²) in [5.41, 5.74) is 0.495. The molecule has 2 rings (SSSR count). The molecule has 1 unspecified atom stereocenters. The Kier molecular flexibility index (Phi) is 4.35. The molecule has 20 heavy (non-hydrogen) atoms. The van der Waals surface area contributed by atoms with E-state index in [9.17, 15) is 9.18 Å². The van der Waals surface area contributed by atoms with Crippen LogP contribution in [0.1, 0.15) is 17.3 Å². The van der Waals surface area contributed by atoms with Crippen molar-refractivity contribution in [1.29, 1.82) is 0 Å². The van der Waals surface area contributed by atoms with Crippen LogP contribution in [0.4, 0.5) is 4.39 Å². The molecule has 0 N–H and O–H groups in total. The highest BCUT2D eigenvalue weighted by molar-refractivity contribution is 5.99. The van der Waals surface area contributed by atoms with Gasteiger partial charge in [0.2, 0.25) is 5.78 Å². The normalized spacial score (nSPS) is 11.8. The third-order valence-electron chi connectivity index (χ3n) is 2.88. The van der Waals surface area contributed by atoms with Gasteiger partial charge < -0.3 is 9.47 Å². The molecule has 0 aliphatic heterocycles. The summed E-state index contributed by atoms with van der Waals surface area (Å²) in [5, 5.41) is 0. The first-order valence-corrected chi connectivity index (χ1v) is 6.21. The summed E-state index contributed by atoms with van der Waals surface area (Å²) in [4.78, 5) is 12.2. The van der Waals surface area contributed by atoms with Gasteiger partial charge in [-0.1, -0.05) is 12.1 Å². The second-order valence-corrected chi connectivity index (χ2v) is 4.28. The SMILES string of the molecule is COc1ccc(C(=O)C(C)Oc2ccccc2F)cc1. The summed E-state index contributed by atoms with van der Waals surface area (Å²) >= 11 is 0. The van der Waals surface area contributed by atoms with E-state index < -0.39 is 11.9 Å². The standard InChI is InChI=1S/C16H15FO3/c1-11(20-15-6-4-3-5-14(15)17)16(18)12-7-9-13(19-2)10-8-12/h3-11H,1-2H3. The molecule has 1 atom stereocenters. The van der Waals surface area contributed by atoms with Gasteiger partial charge in [0.25, 0.3) is 0 Å². The summed E-state index contributed by atoms with van der Waals surface area (Å²) < 4.78 is 23.9. The lowest BCUT2D eigenvalue weighted by Crippen LogP contribution is -2.24. The minimum absolute atomic E-state index is 0.0712. The van der Waals surface area contributed by atoms with Crippen molar-refractivity contribution in [2.45, 2.75) is 13.0 Å². The number of halogens is 1. The average molecular weight is 274 g/mol. The van der Waals surface area contributed by atoms with Gasteiger partial charge in [0.15, 0.2) is 17.7 Å². The van der Waals surface area contributed by atoms with Crippen LogP contribution in [0, 0.1) is 5.82 Å². The number of hydrogen-bond acceptors (Lipinski definition) is 3. The van der Waals surface area contributed by atoms with Gasteiger partial charge in [0, 0.05) is 5.56 Å². The third kappa shape index (κ3) is 3.15. The molecule has 2 aromatic carbocycles. The summed E-state index contributed by atoms with van der Waals surface area (Å²) in [5.74, 6) is 0.0453. The van der Waals surface area contributed by atoms with Crippen LogP contribution in [-0.4, -0.2) is 19.0 Å². The highest BCUT2D eigenvalue weighted by Gasteiger charge is 2.18. The number of methoxy groups -OCH3 is 1. The predicted octanol–water partition coefficient (Wildman–Crippen LogP) is 3.48. The van der Waals surface area contributed by atoms with Crippen LogP contribution in [0.2, 0.25) is 0 Å². The number of para-hydroxylation sites is 1. The van der Waals surface area contributed by atoms with Crippen LogP contribution in [0.5, 0.6) is 11.5 Å². The Morgan fingerprint density at radius 2 is 1.75 bits per heavy atom. The molecular weight excluding hydrogens is 259 g/mol. The van der Waals surface area contributed by atoms with Crippen LogP contribution in [0.25, 0.3) is 0 Å². The molecule has 0 amide bonds. The molecule has 0 aromatic heterocycles. The smallest absolute Gasteiger partial charge is 0.202 e. The molecule has 0 saturated heterocycles. The Bertz CT molecular complexity index is 593. The molecule has 0 aliphatic carbocycles. The fourth-order valence-corrected chi connectivity index (χ4v) is 1.77. The van der Waals surface area contributed by atoms with Crippen molar-refractivity contribution in [2.75, 3.05) is 7.11 Å². The van der Waals surface area contributed by atoms with E-state index in [1.165, 1.54) is 12.1 Å². The van der Waals surface area contributed by atoms with Crippen molar-refractivity contribution in [3.8, 4) is 11.5 Å². The molecule has 0 fully saturated rings. The fourth-order valence-electron chi connectivity index (χ4n) is 1.77. The van der Waals surface area contributed by atoms with Crippen molar-refractivity contribution in [3.63, 3.8) is 0 Å². The monoisotopic (exact) mass is 274 g/mol. The van der Waals surface area contributed by atoms with Crippen LogP contribution >= 0.6 is 0 Å². The van der Waals surface area contributed by atoms with Crippen LogP contribution < -0.4 is 9.47 Å². The van der Waals surface area contributed by atoms with Crippen LogP contribution in [-0.2, 0) is 0 Å². The number of ketones is 1. The number of rotatable bonds is 5. The number of carbonyl (C=O) groups excluding carboxylic acids is 1. The van der Waals surface area contributed by atoms with Crippen molar-refractivity contribution in [2.24, 2.45) is 0 Å². The lowest BCUT2D eigenvalue weighted by atomic mass is 10.1. The highest BCUT2D eigenvalue weighted by Crippen LogP contribution is 2.19. The van der Waals surface area contributed by atoms with Gasteiger partial charge in [-0.15, -0.1) is 0 Å². The first kappa shape index (κ1) is 14.1. The molecule has 0 heterocycles. The van der Waals surface area contributed by atoms with Gasteiger partial charge in [0.05, 0.1) is 7.11 Å². The van der Waals surface area contributed by atoms with E-state index in [0.717, 1.165) is 0 Å². The lowest BCUT2D eigenvalue weighted by Gasteiger charge is -2.14. The second-order valence-electron chi connectivity index (χ2n) is 4.28. The Morgan fingerprint density at radius 3 is 2.35 bits per heavy atom. The van der Waals surface area contributed by atoms with E-state index >= 15 is 0 Å². The Balaban J connectivity index is 2.10. The van der Waals surface area contributed by atoms with Crippen molar-refractivity contribution >= 4 is 5.78 Å². The highest BCUT2D eigenvalue weighted by atomic mass is 19.1. The number of benzene rings is 2. The Hall–Kier alpha value is -2.36. The van der Waals surface area contributed by atoms with E-state index in [0.29, 0.717) is 11.3 Å². The molecule has 0 bridgehead atoms. The largest absolute Gasteiger partial charge is 0.497 e.